The topological polar surface area (TPSA) is 70.1 Å². The summed E-state index contributed by atoms with van der Waals surface area (Å²) in [6, 6.07) is 7.48. The second-order valence-electron chi connectivity index (χ2n) is 7.18. The summed E-state index contributed by atoms with van der Waals surface area (Å²) in [5.41, 5.74) is 2.44. The monoisotopic (exact) mass is 389 g/mol. The third-order valence-corrected chi connectivity index (χ3v) is 6.54. The molecule has 1 amide bonds. The van der Waals surface area contributed by atoms with Crippen molar-refractivity contribution in [1.29, 1.82) is 0 Å². The van der Waals surface area contributed by atoms with Crippen LogP contribution in [0.2, 0.25) is 0 Å². The number of benzene rings is 1. The van der Waals surface area contributed by atoms with Crippen LogP contribution in [0.15, 0.2) is 34.2 Å². The quantitative estimate of drug-likeness (QED) is 0.797. The number of hydrogen-bond donors (Lipinski definition) is 0. The Morgan fingerprint density at radius 3 is 2.44 bits per heavy atom. The number of carbonyl (C=O) groups is 1. The zero-order valence-electron chi connectivity index (χ0n) is 16.2. The first-order valence-electron chi connectivity index (χ1n) is 9.49. The Kier molecular flexibility index (Phi) is 5.69. The predicted molar refractivity (Wildman–Crippen MR) is 108 cm³/mol. The fraction of sp³-hybridized carbons (Fsp3) is 0.500. The summed E-state index contributed by atoms with van der Waals surface area (Å²) in [6.07, 6.45) is 2.21. The van der Waals surface area contributed by atoms with E-state index in [1.807, 2.05) is 54.8 Å². The van der Waals surface area contributed by atoms with E-state index in [-0.39, 0.29) is 5.91 Å². The zero-order valence-corrected chi connectivity index (χ0v) is 17.1. The summed E-state index contributed by atoms with van der Waals surface area (Å²) >= 11 is 0. The third kappa shape index (κ3) is 4.08. The van der Waals surface area contributed by atoms with Crippen LogP contribution in [0.3, 0.4) is 0 Å². The first kappa shape index (κ1) is 19.6. The zero-order chi connectivity index (χ0) is 19.6. The highest BCUT2D eigenvalue weighted by molar-refractivity contribution is 8.00. The second-order valence-corrected chi connectivity index (χ2v) is 8.72. The molecule has 1 saturated heterocycles. The van der Waals surface area contributed by atoms with E-state index in [0.29, 0.717) is 54.5 Å². The van der Waals surface area contributed by atoms with Gasteiger partial charge in [0.1, 0.15) is 10.7 Å². The van der Waals surface area contributed by atoms with Gasteiger partial charge in [-0.3, -0.25) is 4.79 Å². The van der Waals surface area contributed by atoms with Gasteiger partial charge in [0.05, 0.1) is 0 Å². The number of amides is 1. The molecule has 0 radical (unpaired) electrons. The van der Waals surface area contributed by atoms with Crippen LogP contribution in [-0.2, 0) is 14.8 Å². The minimum absolute atomic E-state index is 0.174. The minimum Gasteiger partial charge on any atom is -0.354 e. The molecule has 0 N–H and O–H groups in total. The molecular weight excluding hydrogens is 362 g/mol. The van der Waals surface area contributed by atoms with Crippen LogP contribution < -0.4 is 0 Å². The molecule has 0 atom stereocenters. The normalized spacial score (nSPS) is 19.9. The summed E-state index contributed by atoms with van der Waals surface area (Å²) < 4.78 is 29.5. The molecule has 0 aromatic heterocycles. The SMILES string of the molecule is CCCC(=O)N1CCCN(C2=NS(=O)(=O)C(c3ccc(C)cc3)=C2C)CC1. The molecule has 2 heterocycles. The van der Waals surface area contributed by atoms with Crippen LogP contribution in [0.4, 0.5) is 0 Å². The van der Waals surface area contributed by atoms with E-state index in [9.17, 15) is 13.2 Å². The number of rotatable bonds is 3. The summed E-state index contributed by atoms with van der Waals surface area (Å²) in [5, 5.41) is 0. The summed E-state index contributed by atoms with van der Waals surface area (Å²) in [5.74, 6) is 0.698. The Hall–Kier alpha value is -2.15. The largest absolute Gasteiger partial charge is 0.354 e. The number of hydrogen-bond acceptors (Lipinski definition) is 4. The first-order valence-corrected chi connectivity index (χ1v) is 10.9. The van der Waals surface area contributed by atoms with Crippen LogP contribution in [0.25, 0.3) is 4.91 Å². The Morgan fingerprint density at radius 2 is 1.78 bits per heavy atom. The Morgan fingerprint density at radius 1 is 1.07 bits per heavy atom. The fourth-order valence-electron chi connectivity index (χ4n) is 3.64. The van der Waals surface area contributed by atoms with E-state index in [1.165, 1.54) is 0 Å². The molecule has 0 bridgehead atoms. The van der Waals surface area contributed by atoms with Gasteiger partial charge in [-0.1, -0.05) is 36.8 Å². The molecule has 0 unspecified atom stereocenters. The second kappa shape index (κ2) is 7.84. The summed E-state index contributed by atoms with van der Waals surface area (Å²) in [4.78, 5) is 16.4. The average molecular weight is 390 g/mol. The van der Waals surface area contributed by atoms with Crippen molar-refractivity contribution >= 4 is 26.7 Å². The molecule has 2 aliphatic rings. The van der Waals surface area contributed by atoms with Gasteiger partial charge in [-0.25, -0.2) is 0 Å². The summed E-state index contributed by atoms with van der Waals surface area (Å²) in [7, 11) is -3.71. The Balaban J connectivity index is 1.84. The highest BCUT2D eigenvalue weighted by atomic mass is 32.2. The highest BCUT2D eigenvalue weighted by Gasteiger charge is 2.34. The molecule has 6 nitrogen and oxygen atoms in total. The number of aryl methyl sites for hydroxylation is 1. The van der Waals surface area contributed by atoms with Crippen molar-refractivity contribution in [1.82, 2.24) is 9.80 Å². The molecule has 1 fully saturated rings. The van der Waals surface area contributed by atoms with Crippen molar-refractivity contribution in [2.75, 3.05) is 26.2 Å². The number of amidine groups is 1. The van der Waals surface area contributed by atoms with E-state index in [1.54, 1.807) is 0 Å². The lowest BCUT2D eigenvalue weighted by atomic mass is 10.1. The van der Waals surface area contributed by atoms with E-state index >= 15 is 0 Å². The van der Waals surface area contributed by atoms with E-state index in [4.69, 9.17) is 0 Å². The van der Waals surface area contributed by atoms with Gasteiger partial charge in [0, 0.05) is 38.2 Å². The van der Waals surface area contributed by atoms with Crippen molar-refractivity contribution in [3.63, 3.8) is 0 Å². The first-order chi connectivity index (χ1) is 12.8. The lowest BCUT2D eigenvalue weighted by molar-refractivity contribution is -0.131. The molecule has 1 aromatic carbocycles. The van der Waals surface area contributed by atoms with Crippen molar-refractivity contribution in [2.24, 2.45) is 4.40 Å². The van der Waals surface area contributed by atoms with Crippen LogP contribution in [0.1, 0.15) is 44.2 Å². The van der Waals surface area contributed by atoms with Crippen molar-refractivity contribution in [2.45, 2.75) is 40.0 Å². The molecule has 2 aliphatic heterocycles. The van der Waals surface area contributed by atoms with Gasteiger partial charge in [-0.05, 0) is 32.3 Å². The maximum absolute atomic E-state index is 12.7. The average Bonchev–Trinajstić information content (AvgIpc) is 2.79. The molecule has 0 spiro atoms. The van der Waals surface area contributed by atoms with Crippen LogP contribution in [0, 0.1) is 6.92 Å². The van der Waals surface area contributed by atoms with Crippen molar-refractivity contribution < 1.29 is 13.2 Å². The maximum atomic E-state index is 12.7. The molecule has 0 aliphatic carbocycles. The van der Waals surface area contributed by atoms with Gasteiger partial charge >= 0.3 is 0 Å². The molecule has 27 heavy (non-hydrogen) atoms. The lowest BCUT2D eigenvalue weighted by Crippen LogP contribution is -2.37. The molecule has 7 heteroatoms. The highest BCUT2D eigenvalue weighted by Crippen LogP contribution is 2.33. The van der Waals surface area contributed by atoms with Gasteiger partial charge in [0.15, 0.2) is 0 Å². The van der Waals surface area contributed by atoms with E-state index < -0.39 is 10.0 Å². The van der Waals surface area contributed by atoms with Gasteiger partial charge in [-0.15, -0.1) is 4.40 Å². The molecular formula is C20H27N3O3S. The third-order valence-electron chi connectivity index (χ3n) is 5.07. The molecule has 146 valence electrons. The van der Waals surface area contributed by atoms with Gasteiger partial charge in [-0.2, -0.15) is 8.42 Å². The van der Waals surface area contributed by atoms with Gasteiger partial charge < -0.3 is 9.80 Å². The number of nitrogens with zero attached hydrogens (tertiary/aromatic N) is 3. The van der Waals surface area contributed by atoms with E-state index in [0.717, 1.165) is 18.4 Å². The maximum Gasteiger partial charge on any atom is 0.285 e. The van der Waals surface area contributed by atoms with Crippen molar-refractivity contribution in [3.05, 3.63) is 41.0 Å². The van der Waals surface area contributed by atoms with Gasteiger partial charge in [0.2, 0.25) is 5.91 Å². The summed E-state index contributed by atoms with van der Waals surface area (Å²) in [6.45, 7) is 8.41. The van der Waals surface area contributed by atoms with Crippen LogP contribution in [-0.4, -0.2) is 56.1 Å². The number of carbonyl (C=O) groups excluding carboxylic acids is 1. The lowest BCUT2D eigenvalue weighted by Gasteiger charge is -2.23. The van der Waals surface area contributed by atoms with Crippen molar-refractivity contribution in [3.8, 4) is 0 Å². The standard InChI is InChI=1S/C20H27N3O3S/c1-4-6-18(24)22-11-5-12-23(14-13-22)20-16(3)19(27(25,26)21-20)17-9-7-15(2)8-10-17/h7-10H,4-6,11-14H2,1-3H3. The number of sulfonamides is 1. The van der Waals surface area contributed by atoms with E-state index in [2.05, 4.69) is 4.40 Å². The predicted octanol–water partition coefficient (Wildman–Crippen LogP) is 2.80. The molecule has 3 rings (SSSR count). The van der Waals surface area contributed by atoms with Crippen LogP contribution >= 0.6 is 0 Å². The fourth-order valence-corrected chi connectivity index (χ4v) is 5.12. The minimum atomic E-state index is -3.71. The molecule has 0 saturated carbocycles. The molecule has 1 aromatic rings. The smallest absolute Gasteiger partial charge is 0.285 e. The van der Waals surface area contributed by atoms with Gasteiger partial charge in [0.25, 0.3) is 10.0 Å². The van der Waals surface area contributed by atoms with Crippen LogP contribution in [0.5, 0.6) is 0 Å². The Labute approximate surface area is 161 Å². The Bertz CT molecular complexity index is 886.